The van der Waals surface area contributed by atoms with Crippen molar-refractivity contribution in [2.75, 3.05) is 26.7 Å². The van der Waals surface area contributed by atoms with Crippen molar-refractivity contribution in [2.24, 2.45) is 17.6 Å². The van der Waals surface area contributed by atoms with Crippen LogP contribution in [0.5, 0.6) is 0 Å². The largest absolute Gasteiger partial charge is 0.469 e. The Labute approximate surface area is 145 Å². The first-order valence-electron chi connectivity index (χ1n) is 8.27. The molecule has 2 aliphatic rings. The minimum absolute atomic E-state index is 0. The van der Waals surface area contributed by atoms with Crippen molar-refractivity contribution >= 4 is 28.4 Å². The molecular weight excluding hydrogens is 340 g/mol. The van der Waals surface area contributed by atoms with Gasteiger partial charge in [0.15, 0.2) is 0 Å². The number of sulfonamides is 1. The van der Waals surface area contributed by atoms with E-state index in [0.29, 0.717) is 38.4 Å². The van der Waals surface area contributed by atoms with Crippen molar-refractivity contribution in [3.8, 4) is 0 Å². The highest BCUT2D eigenvalue weighted by atomic mass is 35.5. The maximum absolute atomic E-state index is 13.0. The lowest BCUT2D eigenvalue weighted by molar-refractivity contribution is -0.146. The number of ether oxygens (including phenoxy) is 1. The highest BCUT2D eigenvalue weighted by molar-refractivity contribution is 7.89. The Hall–Kier alpha value is -0.370. The number of nitrogens with zero attached hydrogens (tertiary/aromatic N) is 1. The van der Waals surface area contributed by atoms with Crippen LogP contribution in [0.4, 0.5) is 0 Å². The molecule has 23 heavy (non-hydrogen) atoms. The van der Waals surface area contributed by atoms with Crippen LogP contribution in [0, 0.1) is 11.8 Å². The Bertz CT molecular complexity index is 484. The predicted molar refractivity (Wildman–Crippen MR) is 91.9 cm³/mol. The average Bonchev–Trinajstić information content (AvgIpc) is 2.54. The molecular formula is C15H29ClN2O4S. The van der Waals surface area contributed by atoms with Crippen molar-refractivity contribution in [3.63, 3.8) is 0 Å². The average molecular weight is 369 g/mol. The van der Waals surface area contributed by atoms with Gasteiger partial charge in [0, 0.05) is 13.1 Å². The molecule has 2 rings (SSSR count). The molecule has 0 spiro atoms. The third-order valence-electron chi connectivity index (χ3n) is 5.01. The van der Waals surface area contributed by atoms with Gasteiger partial charge in [-0.1, -0.05) is 12.8 Å². The summed E-state index contributed by atoms with van der Waals surface area (Å²) in [5.41, 5.74) is 5.61. The fourth-order valence-electron chi connectivity index (χ4n) is 3.80. The van der Waals surface area contributed by atoms with Gasteiger partial charge in [0.1, 0.15) is 0 Å². The molecule has 2 N–H and O–H groups in total. The van der Waals surface area contributed by atoms with Gasteiger partial charge in [-0.25, -0.2) is 12.7 Å². The number of hydrogen-bond donors (Lipinski definition) is 1. The summed E-state index contributed by atoms with van der Waals surface area (Å²) in [5, 5.41) is -0.620. The third-order valence-corrected chi connectivity index (χ3v) is 7.39. The van der Waals surface area contributed by atoms with E-state index < -0.39 is 21.2 Å². The number of nitrogens with two attached hydrogens (primary N) is 1. The second-order valence-corrected chi connectivity index (χ2v) is 8.59. The summed E-state index contributed by atoms with van der Waals surface area (Å²) in [5.74, 6) is -0.559. The van der Waals surface area contributed by atoms with Gasteiger partial charge >= 0.3 is 5.97 Å². The zero-order valence-corrected chi connectivity index (χ0v) is 15.4. The normalized spacial score (nSPS) is 29.6. The SMILES string of the molecule is COC(=O)C1CCCCC1S(=O)(=O)N1CCCC(CCN)C1.Cl. The smallest absolute Gasteiger partial charge is 0.310 e. The van der Waals surface area contributed by atoms with Gasteiger partial charge in [-0.2, -0.15) is 0 Å². The minimum Gasteiger partial charge on any atom is -0.469 e. The van der Waals surface area contributed by atoms with E-state index in [-0.39, 0.29) is 18.4 Å². The molecule has 6 nitrogen and oxygen atoms in total. The van der Waals surface area contributed by atoms with Crippen molar-refractivity contribution in [1.82, 2.24) is 4.31 Å². The van der Waals surface area contributed by atoms with Crippen molar-refractivity contribution in [2.45, 2.75) is 50.2 Å². The molecule has 2 fully saturated rings. The van der Waals surface area contributed by atoms with E-state index in [1.54, 1.807) is 4.31 Å². The summed E-state index contributed by atoms with van der Waals surface area (Å²) in [7, 11) is -2.12. The lowest BCUT2D eigenvalue weighted by Crippen LogP contribution is -2.49. The topological polar surface area (TPSA) is 89.7 Å². The van der Waals surface area contributed by atoms with E-state index in [2.05, 4.69) is 0 Å². The molecule has 3 atom stereocenters. The molecule has 136 valence electrons. The van der Waals surface area contributed by atoms with Gasteiger partial charge < -0.3 is 10.5 Å². The highest BCUT2D eigenvalue weighted by Crippen LogP contribution is 2.34. The molecule has 8 heteroatoms. The number of carbonyl (C=O) groups is 1. The predicted octanol–water partition coefficient (Wildman–Crippen LogP) is 1.53. The molecule has 0 amide bonds. The zero-order chi connectivity index (χ0) is 16.2. The molecule has 1 saturated heterocycles. The van der Waals surface area contributed by atoms with Crippen LogP contribution in [0.1, 0.15) is 44.9 Å². The maximum atomic E-state index is 13.0. The van der Waals surface area contributed by atoms with Crippen LogP contribution in [-0.2, 0) is 19.6 Å². The minimum atomic E-state index is -3.45. The number of rotatable bonds is 5. The van der Waals surface area contributed by atoms with Crippen LogP contribution in [0.2, 0.25) is 0 Å². The van der Waals surface area contributed by atoms with E-state index in [1.165, 1.54) is 7.11 Å². The summed E-state index contributed by atoms with van der Waals surface area (Å²) in [6.45, 7) is 1.70. The Kier molecular flexibility index (Phi) is 8.27. The lowest BCUT2D eigenvalue weighted by Gasteiger charge is -2.37. The number of carbonyl (C=O) groups excluding carboxylic acids is 1. The van der Waals surface area contributed by atoms with Crippen molar-refractivity contribution in [1.29, 1.82) is 0 Å². The molecule has 0 aromatic carbocycles. The second kappa shape index (κ2) is 9.20. The molecule has 3 unspecified atom stereocenters. The van der Waals surface area contributed by atoms with E-state index >= 15 is 0 Å². The fraction of sp³-hybridized carbons (Fsp3) is 0.933. The fourth-order valence-corrected chi connectivity index (χ4v) is 6.11. The van der Waals surface area contributed by atoms with Crippen LogP contribution < -0.4 is 5.73 Å². The Morgan fingerprint density at radius 3 is 2.57 bits per heavy atom. The van der Waals surface area contributed by atoms with Crippen LogP contribution in [0.25, 0.3) is 0 Å². The maximum Gasteiger partial charge on any atom is 0.310 e. The van der Waals surface area contributed by atoms with Gasteiger partial charge in [-0.05, 0) is 44.6 Å². The monoisotopic (exact) mass is 368 g/mol. The first-order valence-corrected chi connectivity index (χ1v) is 9.78. The van der Waals surface area contributed by atoms with E-state index in [9.17, 15) is 13.2 Å². The van der Waals surface area contributed by atoms with Crippen LogP contribution in [0.15, 0.2) is 0 Å². The molecule has 0 aromatic rings. The first kappa shape index (κ1) is 20.7. The molecule has 0 radical (unpaired) electrons. The van der Waals surface area contributed by atoms with Gasteiger partial charge in [0.2, 0.25) is 10.0 Å². The van der Waals surface area contributed by atoms with Crippen LogP contribution >= 0.6 is 12.4 Å². The van der Waals surface area contributed by atoms with Gasteiger partial charge in [-0.15, -0.1) is 12.4 Å². The Balaban J connectivity index is 0.00000264. The van der Waals surface area contributed by atoms with Gasteiger partial charge in [0.25, 0.3) is 0 Å². The summed E-state index contributed by atoms with van der Waals surface area (Å²) >= 11 is 0. The summed E-state index contributed by atoms with van der Waals surface area (Å²) in [4.78, 5) is 12.0. The standard InChI is InChI=1S/C15H28N2O4S.ClH/c1-21-15(18)13-6-2-3-7-14(13)22(19,20)17-10-4-5-12(11-17)8-9-16;/h12-14H,2-11,16H2,1H3;1H. The Morgan fingerprint density at radius 1 is 1.22 bits per heavy atom. The molecule has 0 bridgehead atoms. The highest BCUT2D eigenvalue weighted by Gasteiger charge is 2.43. The molecule has 1 heterocycles. The first-order chi connectivity index (χ1) is 10.5. The summed E-state index contributed by atoms with van der Waals surface area (Å²) < 4.78 is 32.4. The number of piperidine rings is 1. The molecule has 1 saturated carbocycles. The molecule has 1 aliphatic heterocycles. The summed E-state index contributed by atoms with van der Waals surface area (Å²) in [6.07, 6.45) is 5.68. The summed E-state index contributed by atoms with van der Waals surface area (Å²) in [6, 6.07) is 0. The number of methoxy groups -OCH3 is 1. The lowest BCUT2D eigenvalue weighted by atomic mass is 9.89. The third kappa shape index (κ3) is 4.81. The van der Waals surface area contributed by atoms with Gasteiger partial charge in [-0.3, -0.25) is 4.79 Å². The number of hydrogen-bond acceptors (Lipinski definition) is 5. The Morgan fingerprint density at radius 2 is 1.91 bits per heavy atom. The van der Waals surface area contributed by atoms with Crippen LogP contribution in [0.3, 0.4) is 0 Å². The van der Waals surface area contributed by atoms with E-state index in [0.717, 1.165) is 32.1 Å². The molecule has 1 aliphatic carbocycles. The van der Waals surface area contributed by atoms with E-state index in [1.807, 2.05) is 0 Å². The quantitative estimate of drug-likeness (QED) is 0.743. The van der Waals surface area contributed by atoms with Gasteiger partial charge in [0.05, 0.1) is 18.3 Å². The van der Waals surface area contributed by atoms with Crippen LogP contribution in [-0.4, -0.2) is 50.7 Å². The van der Waals surface area contributed by atoms with Crippen molar-refractivity contribution < 1.29 is 17.9 Å². The second-order valence-electron chi connectivity index (χ2n) is 6.44. The number of halogens is 1. The van der Waals surface area contributed by atoms with E-state index in [4.69, 9.17) is 10.5 Å². The number of esters is 1. The zero-order valence-electron chi connectivity index (χ0n) is 13.8. The van der Waals surface area contributed by atoms with Crippen molar-refractivity contribution in [3.05, 3.63) is 0 Å². The molecule has 0 aromatic heterocycles.